The van der Waals surface area contributed by atoms with Crippen molar-refractivity contribution < 1.29 is 23.0 Å². The minimum Gasteiger partial charge on any atom is -0.494 e. The third-order valence-corrected chi connectivity index (χ3v) is 6.02. The molecule has 0 bridgehead atoms. The molecule has 1 fully saturated rings. The molecule has 6 nitrogen and oxygen atoms in total. The molecule has 180 valence electrons. The van der Waals surface area contributed by atoms with E-state index >= 15 is 0 Å². The van der Waals surface area contributed by atoms with Gasteiger partial charge in [-0.25, -0.2) is 4.57 Å². The second-order valence-electron chi connectivity index (χ2n) is 7.93. The minimum atomic E-state index is -4.64. The van der Waals surface area contributed by atoms with Gasteiger partial charge in [0, 0.05) is 43.2 Å². The standard InChI is InChI=1S/C24H23ClF3N3O3/c25-20-7-6-16(24(26,27)28)14-21(20)31-22(32)18-5-2-1-4-17(18)19(23(31)33)15-29-8-3-9-30-10-12-34-13-11-30/h1-2,4-7,14-15,33H,3,8-13H2. The van der Waals surface area contributed by atoms with Gasteiger partial charge in [-0.05, 0) is 30.7 Å². The van der Waals surface area contributed by atoms with Gasteiger partial charge in [-0.3, -0.25) is 14.7 Å². The first-order valence-corrected chi connectivity index (χ1v) is 11.2. The second-order valence-corrected chi connectivity index (χ2v) is 8.34. The van der Waals surface area contributed by atoms with Crippen molar-refractivity contribution in [2.24, 2.45) is 4.99 Å². The molecule has 0 saturated carbocycles. The molecule has 1 aromatic heterocycles. The first kappa shape index (κ1) is 24.3. The summed E-state index contributed by atoms with van der Waals surface area (Å²) in [6.07, 6.45) is -2.40. The summed E-state index contributed by atoms with van der Waals surface area (Å²) < 4.78 is 46.0. The molecule has 1 saturated heterocycles. The number of pyridine rings is 1. The van der Waals surface area contributed by atoms with Crippen LogP contribution in [-0.2, 0) is 10.9 Å². The molecule has 1 aliphatic heterocycles. The van der Waals surface area contributed by atoms with E-state index in [0.717, 1.165) is 48.8 Å². The highest BCUT2D eigenvalue weighted by molar-refractivity contribution is 6.32. The van der Waals surface area contributed by atoms with Crippen LogP contribution in [0.5, 0.6) is 5.88 Å². The van der Waals surface area contributed by atoms with Crippen molar-refractivity contribution in [3.63, 3.8) is 0 Å². The van der Waals surface area contributed by atoms with Gasteiger partial charge in [0.1, 0.15) is 0 Å². The number of halogens is 4. The maximum atomic E-state index is 13.3. The maximum Gasteiger partial charge on any atom is 0.416 e. The van der Waals surface area contributed by atoms with Crippen molar-refractivity contribution in [2.45, 2.75) is 12.6 Å². The maximum absolute atomic E-state index is 13.3. The fourth-order valence-corrected chi connectivity index (χ4v) is 4.14. The van der Waals surface area contributed by atoms with Gasteiger partial charge in [-0.15, -0.1) is 0 Å². The Morgan fingerprint density at radius 2 is 1.82 bits per heavy atom. The lowest BCUT2D eigenvalue weighted by Gasteiger charge is -2.26. The number of aromatic nitrogens is 1. The number of benzene rings is 2. The van der Waals surface area contributed by atoms with Gasteiger partial charge < -0.3 is 9.84 Å². The van der Waals surface area contributed by atoms with E-state index in [9.17, 15) is 23.1 Å². The summed E-state index contributed by atoms with van der Waals surface area (Å²) in [7, 11) is 0. The van der Waals surface area contributed by atoms with Gasteiger partial charge in [-0.1, -0.05) is 29.8 Å². The smallest absolute Gasteiger partial charge is 0.416 e. The molecule has 0 radical (unpaired) electrons. The highest BCUT2D eigenvalue weighted by Gasteiger charge is 2.31. The lowest BCUT2D eigenvalue weighted by atomic mass is 10.1. The molecule has 10 heteroatoms. The van der Waals surface area contributed by atoms with E-state index in [1.54, 1.807) is 24.3 Å². The Kier molecular flexibility index (Phi) is 7.25. The van der Waals surface area contributed by atoms with Crippen LogP contribution >= 0.6 is 11.6 Å². The normalized spacial score (nSPS) is 15.4. The van der Waals surface area contributed by atoms with E-state index < -0.39 is 23.2 Å². The summed E-state index contributed by atoms with van der Waals surface area (Å²) >= 11 is 6.16. The SMILES string of the molecule is O=c1c2ccccc2c(C=NCCCN2CCOCC2)c(O)n1-c1cc(C(F)(F)F)ccc1Cl. The average Bonchev–Trinajstić information content (AvgIpc) is 2.82. The molecule has 0 atom stereocenters. The van der Waals surface area contributed by atoms with Crippen LogP contribution in [0.2, 0.25) is 5.02 Å². The van der Waals surface area contributed by atoms with Crippen LogP contribution in [0.1, 0.15) is 17.5 Å². The molecule has 3 aromatic rings. The summed E-state index contributed by atoms with van der Waals surface area (Å²) in [6.45, 7) is 4.50. The average molecular weight is 494 g/mol. The van der Waals surface area contributed by atoms with Crippen molar-refractivity contribution in [1.29, 1.82) is 0 Å². The number of aliphatic imine (C=N–C) groups is 1. The van der Waals surface area contributed by atoms with Crippen molar-refractivity contribution in [1.82, 2.24) is 9.47 Å². The molecular weight excluding hydrogens is 471 g/mol. The predicted molar refractivity (Wildman–Crippen MR) is 126 cm³/mol. The Balaban J connectivity index is 1.72. The molecule has 0 spiro atoms. The molecule has 0 unspecified atom stereocenters. The molecule has 2 aromatic carbocycles. The fraction of sp³-hybridized carbons (Fsp3) is 0.333. The van der Waals surface area contributed by atoms with Crippen molar-refractivity contribution in [3.8, 4) is 11.6 Å². The number of hydrogen-bond acceptors (Lipinski definition) is 5. The second kappa shape index (κ2) is 10.2. The molecule has 4 rings (SSSR count). The lowest BCUT2D eigenvalue weighted by Crippen LogP contribution is -2.37. The first-order valence-electron chi connectivity index (χ1n) is 10.8. The van der Waals surface area contributed by atoms with Crippen LogP contribution in [0.3, 0.4) is 0 Å². The van der Waals surface area contributed by atoms with Crippen LogP contribution in [0.4, 0.5) is 13.2 Å². The molecule has 1 aliphatic rings. The zero-order chi connectivity index (χ0) is 24.3. The molecule has 0 aliphatic carbocycles. The molecule has 1 N–H and O–H groups in total. The third-order valence-electron chi connectivity index (χ3n) is 5.70. The van der Waals surface area contributed by atoms with Gasteiger partial charge in [-0.2, -0.15) is 13.2 Å². The lowest BCUT2D eigenvalue weighted by molar-refractivity contribution is -0.137. The van der Waals surface area contributed by atoms with Crippen molar-refractivity contribution >= 4 is 28.6 Å². The van der Waals surface area contributed by atoms with E-state index in [-0.39, 0.29) is 21.7 Å². The zero-order valence-electron chi connectivity index (χ0n) is 18.2. The number of aromatic hydroxyl groups is 1. The number of alkyl halides is 3. The van der Waals surface area contributed by atoms with E-state index in [0.29, 0.717) is 25.1 Å². The van der Waals surface area contributed by atoms with Crippen LogP contribution in [0, 0.1) is 0 Å². The highest BCUT2D eigenvalue weighted by atomic mass is 35.5. The largest absolute Gasteiger partial charge is 0.494 e. The van der Waals surface area contributed by atoms with Gasteiger partial charge >= 0.3 is 6.18 Å². The first-order chi connectivity index (χ1) is 16.3. The van der Waals surface area contributed by atoms with Gasteiger partial charge in [0.2, 0.25) is 5.88 Å². The monoisotopic (exact) mass is 493 g/mol. The number of morpholine rings is 1. The van der Waals surface area contributed by atoms with Crippen LogP contribution in [0.25, 0.3) is 16.5 Å². The minimum absolute atomic E-state index is 0.103. The van der Waals surface area contributed by atoms with Gasteiger partial charge in [0.25, 0.3) is 5.56 Å². The number of nitrogens with zero attached hydrogens (tertiary/aromatic N) is 3. The summed E-state index contributed by atoms with van der Waals surface area (Å²) in [4.78, 5) is 19.9. The van der Waals surface area contributed by atoms with Crippen molar-refractivity contribution in [3.05, 3.63) is 69.0 Å². The predicted octanol–water partition coefficient (Wildman–Crippen LogP) is 4.51. The number of hydrogen-bond donors (Lipinski definition) is 1. The van der Waals surface area contributed by atoms with E-state index in [1.165, 1.54) is 6.21 Å². The van der Waals surface area contributed by atoms with E-state index in [4.69, 9.17) is 16.3 Å². The van der Waals surface area contributed by atoms with Gasteiger partial charge in [0.05, 0.1) is 35.1 Å². The topological polar surface area (TPSA) is 67.1 Å². The third kappa shape index (κ3) is 5.11. The number of fused-ring (bicyclic) bond motifs is 1. The highest BCUT2D eigenvalue weighted by Crippen LogP contribution is 2.35. The Morgan fingerprint density at radius 1 is 1.12 bits per heavy atom. The van der Waals surface area contributed by atoms with Gasteiger partial charge in [0.15, 0.2) is 0 Å². The van der Waals surface area contributed by atoms with E-state index in [2.05, 4.69) is 9.89 Å². The summed E-state index contributed by atoms with van der Waals surface area (Å²) in [5.41, 5.74) is -1.69. The fourth-order valence-electron chi connectivity index (χ4n) is 3.94. The molecular formula is C24H23ClF3N3O3. The summed E-state index contributed by atoms with van der Waals surface area (Å²) in [5, 5.41) is 11.6. The Hall–Kier alpha value is -2.88. The molecule has 34 heavy (non-hydrogen) atoms. The Labute approximate surface area is 198 Å². The van der Waals surface area contributed by atoms with Crippen LogP contribution < -0.4 is 5.56 Å². The molecule has 2 heterocycles. The molecule has 0 amide bonds. The summed E-state index contributed by atoms with van der Waals surface area (Å²) in [6, 6.07) is 9.18. The number of rotatable bonds is 6. The zero-order valence-corrected chi connectivity index (χ0v) is 18.9. The number of ether oxygens (including phenoxy) is 1. The van der Waals surface area contributed by atoms with Crippen LogP contribution in [0.15, 0.2) is 52.3 Å². The van der Waals surface area contributed by atoms with Crippen LogP contribution in [-0.4, -0.2) is 60.2 Å². The quantitative estimate of drug-likeness (QED) is 0.405. The Morgan fingerprint density at radius 3 is 2.53 bits per heavy atom. The summed E-state index contributed by atoms with van der Waals surface area (Å²) in [5.74, 6) is -0.526. The van der Waals surface area contributed by atoms with Crippen molar-refractivity contribution in [2.75, 3.05) is 39.4 Å². The Bertz CT molecular complexity index is 1270. The van der Waals surface area contributed by atoms with E-state index in [1.807, 2.05) is 0 Å².